The molecule has 1 aromatic carbocycles. The zero-order valence-corrected chi connectivity index (χ0v) is 9.67. The topological polar surface area (TPSA) is 107 Å². The van der Waals surface area contributed by atoms with Gasteiger partial charge in [-0.05, 0) is 24.1 Å². The smallest absolute Gasteiger partial charge is 0.238 e. The van der Waals surface area contributed by atoms with Gasteiger partial charge in [-0.25, -0.2) is 4.90 Å². The minimum absolute atomic E-state index is 0.103. The van der Waals surface area contributed by atoms with Crippen LogP contribution in [0.15, 0.2) is 24.3 Å². The van der Waals surface area contributed by atoms with Crippen LogP contribution in [0.1, 0.15) is 12.0 Å². The summed E-state index contributed by atoms with van der Waals surface area (Å²) in [5, 5.41) is 17.8. The Morgan fingerprint density at radius 3 is 2.44 bits per heavy atom. The standard InChI is InChI=1S/C12H13N3O3/c13-8-15(7-11(14)17)12(18)6-3-9-1-4-10(16)5-2-9/h1-2,4-5,16H,3,6-7H2,(H2,14,17). The van der Waals surface area contributed by atoms with Gasteiger partial charge >= 0.3 is 0 Å². The van der Waals surface area contributed by atoms with Crippen LogP contribution in [0.5, 0.6) is 5.75 Å². The predicted molar refractivity (Wildman–Crippen MR) is 62.9 cm³/mol. The van der Waals surface area contributed by atoms with E-state index < -0.39 is 18.4 Å². The summed E-state index contributed by atoms with van der Waals surface area (Å²) < 4.78 is 0. The lowest BCUT2D eigenvalue weighted by Gasteiger charge is -2.11. The molecule has 0 fully saturated rings. The molecule has 0 bridgehead atoms. The number of benzene rings is 1. The molecular formula is C12H13N3O3. The first-order valence-corrected chi connectivity index (χ1v) is 5.29. The lowest BCUT2D eigenvalue weighted by atomic mass is 10.1. The van der Waals surface area contributed by atoms with E-state index in [1.54, 1.807) is 18.3 Å². The lowest BCUT2D eigenvalue weighted by molar-refractivity contribution is -0.132. The largest absolute Gasteiger partial charge is 0.508 e. The average molecular weight is 247 g/mol. The number of hydrogen-bond donors (Lipinski definition) is 2. The fourth-order valence-corrected chi connectivity index (χ4v) is 1.38. The van der Waals surface area contributed by atoms with Gasteiger partial charge in [0.2, 0.25) is 11.8 Å². The third kappa shape index (κ3) is 4.14. The number of phenolic OH excluding ortho intramolecular Hbond substituents is 1. The summed E-state index contributed by atoms with van der Waals surface area (Å²) in [5.41, 5.74) is 5.78. The van der Waals surface area contributed by atoms with Crippen LogP contribution in [0, 0.1) is 11.5 Å². The van der Waals surface area contributed by atoms with E-state index in [9.17, 15) is 9.59 Å². The molecule has 0 saturated carbocycles. The summed E-state index contributed by atoms with van der Waals surface area (Å²) in [4.78, 5) is 23.0. The molecule has 0 aliphatic heterocycles. The van der Waals surface area contributed by atoms with Crippen LogP contribution in [0.2, 0.25) is 0 Å². The number of phenols is 1. The minimum atomic E-state index is -0.727. The molecule has 1 aromatic rings. The van der Waals surface area contributed by atoms with Crippen LogP contribution < -0.4 is 5.73 Å². The normalized spacial score (nSPS) is 9.50. The molecule has 6 heteroatoms. The summed E-state index contributed by atoms with van der Waals surface area (Å²) in [6.07, 6.45) is 2.15. The molecule has 94 valence electrons. The van der Waals surface area contributed by atoms with Gasteiger partial charge in [0.05, 0.1) is 0 Å². The summed E-state index contributed by atoms with van der Waals surface area (Å²) in [6.45, 7) is -0.398. The number of primary amides is 1. The summed E-state index contributed by atoms with van der Waals surface area (Å²) >= 11 is 0. The third-order valence-corrected chi connectivity index (χ3v) is 2.30. The van der Waals surface area contributed by atoms with Gasteiger partial charge in [-0.3, -0.25) is 9.59 Å². The fraction of sp³-hybridized carbons (Fsp3) is 0.250. The van der Waals surface area contributed by atoms with Gasteiger partial charge in [-0.2, -0.15) is 5.26 Å². The van der Waals surface area contributed by atoms with Crippen LogP contribution in [0.4, 0.5) is 0 Å². The average Bonchev–Trinajstić information content (AvgIpc) is 2.34. The first kappa shape index (κ1) is 13.5. The zero-order chi connectivity index (χ0) is 13.5. The van der Waals surface area contributed by atoms with Crippen molar-refractivity contribution in [3.8, 4) is 11.9 Å². The molecule has 1 rings (SSSR count). The van der Waals surface area contributed by atoms with E-state index in [-0.39, 0.29) is 12.2 Å². The van der Waals surface area contributed by atoms with Crippen molar-refractivity contribution in [3.63, 3.8) is 0 Å². The SMILES string of the molecule is N#CN(CC(N)=O)C(=O)CCc1ccc(O)cc1. The zero-order valence-electron chi connectivity index (χ0n) is 9.67. The Bertz CT molecular complexity index is 476. The number of aryl methyl sites for hydroxylation is 1. The minimum Gasteiger partial charge on any atom is -0.508 e. The molecule has 0 unspecified atom stereocenters. The van der Waals surface area contributed by atoms with E-state index in [2.05, 4.69) is 0 Å². The number of hydrogen-bond acceptors (Lipinski definition) is 4. The van der Waals surface area contributed by atoms with E-state index in [0.717, 1.165) is 10.5 Å². The van der Waals surface area contributed by atoms with E-state index in [1.165, 1.54) is 12.1 Å². The van der Waals surface area contributed by atoms with Crippen molar-refractivity contribution < 1.29 is 14.7 Å². The Morgan fingerprint density at radius 2 is 1.94 bits per heavy atom. The van der Waals surface area contributed by atoms with Crippen molar-refractivity contribution in [2.45, 2.75) is 12.8 Å². The maximum Gasteiger partial charge on any atom is 0.238 e. The Balaban J connectivity index is 2.52. The van der Waals surface area contributed by atoms with E-state index >= 15 is 0 Å². The van der Waals surface area contributed by atoms with Crippen molar-refractivity contribution in [1.82, 2.24) is 4.90 Å². The number of aromatic hydroxyl groups is 1. The molecule has 0 spiro atoms. The molecule has 0 radical (unpaired) electrons. The van der Waals surface area contributed by atoms with Gasteiger partial charge in [0.1, 0.15) is 12.3 Å². The van der Waals surface area contributed by atoms with Crippen LogP contribution in [-0.2, 0) is 16.0 Å². The molecule has 0 atom stereocenters. The van der Waals surface area contributed by atoms with E-state index in [4.69, 9.17) is 16.1 Å². The van der Waals surface area contributed by atoms with Crippen molar-refractivity contribution >= 4 is 11.8 Å². The first-order valence-electron chi connectivity index (χ1n) is 5.29. The van der Waals surface area contributed by atoms with Gasteiger partial charge in [-0.1, -0.05) is 12.1 Å². The highest BCUT2D eigenvalue weighted by molar-refractivity contribution is 5.85. The van der Waals surface area contributed by atoms with Crippen LogP contribution >= 0.6 is 0 Å². The van der Waals surface area contributed by atoms with Gasteiger partial charge in [0, 0.05) is 6.42 Å². The van der Waals surface area contributed by atoms with Crippen molar-refractivity contribution in [3.05, 3.63) is 29.8 Å². The highest BCUT2D eigenvalue weighted by atomic mass is 16.3. The van der Waals surface area contributed by atoms with Crippen molar-refractivity contribution in [1.29, 1.82) is 5.26 Å². The summed E-state index contributed by atoms with van der Waals surface area (Å²) in [6, 6.07) is 6.41. The summed E-state index contributed by atoms with van der Waals surface area (Å²) in [7, 11) is 0. The molecule has 2 amide bonds. The molecule has 0 heterocycles. The lowest BCUT2D eigenvalue weighted by Crippen LogP contribution is -2.35. The molecule has 0 saturated heterocycles. The van der Waals surface area contributed by atoms with E-state index in [1.807, 2.05) is 0 Å². The number of nitriles is 1. The molecule has 6 nitrogen and oxygen atoms in total. The van der Waals surface area contributed by atoms with Crippen molar-refractivity contribution in [2.24, 2.45) is 5.73 Å². The van der Waals surface area contributed by atoms with E-state index in [0.29, 0.717) is 6.42 Å². The maximum absolute atomic E-state index is 11.6. The molecule has 0 aliphatic rings. The maximum atomic E-state index is 11.6. The highest BCUT2D eigenvalue weighted by Gasteiger charge is 2.14. The molecule has 0 aliphatic carbocycles. The first-order chi connectivity index (χ1) is 8.52. The summed E-state index contributed by atoms with van der Waals surface area (Å²) in [5.74, 6) is -1.03. The fourth-order valence-electron chi connectivity index (χ4n) is 1.38. The Kier molecular flexibility index (Phi) is 4.69. The second kappa shape index (κ2) is 6.25. The van der Waals surface area contributed by atoms with Gasteiger partial charge in [0.25, 0.3) is 0 Å². The number of nitrogens with two attached hydrogens (primary N) is 1. The number of carbonyl (C=O) groups is 2. The molecular weight excluding hydrogens is 234 g/mol. The van der Waals surface area contributed by atoms with Gasteiger partial charge in [-0.15, -0.1) is 0 Å². The Labute approximate surface area is 104 Å². The van der Waals surface area contributed by atoms with Crippen LogP contribution in [0.25, 0.3) is 0 Å². The van der Waals surface area contributed by atoms with Gasteiger partial charge in [0.15, 0.2) is 6.19 Å². The monoisotopic (exact) mass is 247 g/mol. The number of rotatable bonds is 5. The van der Waals surface area contributed by atoms with Gasteiger partial charge < -0.3 is 10.8 Å². The second-order valence-corrected chi connectivity index (χ2v) is 3.71. The molecule has 3 N–H and O–H groups in total. The third-order valence-electron chi connectivity index (χ3n) is 2.30. The van der Waals surface area contributed by atoms with Crippen molar-refractivity contribution in [2.75, 3.05) is 6.54 Å². The molecule has 18 heavy (non-hydrogen) atoms. The Morgan fingerprint density at radius 1 is 1.33 bits per heavy atom. The quantitative estimate of drug-likeness (QED) is 0.569. The number of carbonyl (C=O) groups excluding carboxylic acids is 2. The Hall–Kier alpha value is -2.55. The highest BCUT2D eigenvalue weighted by Crippen LogP contribution is 2.11. The molecule has 0 aromatic heterocycles. The van der Waals surface area contributed by atoms with Crippen LogP contribution in [0.3, 0.4) is 0 Å². The second-order valence-electron chi connectivity index (χ2n) is 3.71. The number of amides is 2. The number of nitrogens with zero attached hydrogens (tertiary/aromatic N) is 2. The predicted octanol–water partition coefficient (Wildman–Crippen LogP) is 0.120. The van der Waals surface area contributed by atoms with Crippen LogP contribution in [-0.4, -0.2) is 28.4 Å².